The van der Waals surface area contributed by atoms with E-state index >= 15 is 0 Å². The van der Waals surface area contributed by atoms with E-state index in [2.05, 4.69) is 34.8 Å². The van der Waals surface area contributed by atoms with Gasteiger partial charge in [-0.3, -0.25) is 9.69 Å². The molecule has 0 amide bonds. The van der Waals surface area contributed by atoms with Crippen LogP contribution in [-0.2, 0) is 13.1 Å². The average Bonchev–Trinajstić information content (AvgIpc) is 2.67. The largest absolute Gasteiger partial charge is 0.309 e. The van der Waals surface area contributed by atoms with Gasteiger partial charge in [0.1, 0.15) is 5.82 Å². The van der Waals surface area contributed by atoms with Crippen LogP contribution in [0.4, 0.5) is 0 Å². The van der Waals surface area contributed by atoms with Crippen molar-refractivity contribution in [1.82, 2.24) is 14.9 Å². The topological polar surface area (TPSA) is 72.8 Å². The van der Waals surface area contributed by atoms with Gasteiger partial charge in [0.05, 0.1) is 29.1 Å². The molecule has 1 N–H and O–H groups in total. The number of hydrogen-bond donors (Lipinski definition) is 1. The van der Waals surface area contributed by atoms with Crippen molar-refractivity contribution in [2.75, 3.05) is 0 Å². The van der Waals surface area contributed by atoms with Crippen LogP contribution in [0.25, 0.3) is 10.9 Å². The number of hydrogen-bond acceptors (Lipinski definition) is 4. The smallest absolute Gasteiger partial charge is 0.258 e. The minimum Gasteiger partial charge on any atom is -0.309 e. The van der Waals surface area contributed by atoms with Crippen LogP contribution in [0.15, 0.2) is 53.3 Å². The number of benzene rings is 2. The summed E-state index contributed by atoms with van der Waals surface area (Å²) in [7, 11) is 0. The van der Waals surface area contributed by atoms with Crippen molar-refractivity contribution in [3.05, 3.63) is 75.8 Å². The molecule has 0 radical (unpaired) electrons. The first-order valence-electron chi connectivity index (χ1n) is 8.82. The van der Waals surface area contributed by atoms with Crippen molar-refractivity contribution in [2.24, 2.45) is 0 Å². The second-order valence-corrected chi connectivity index (χ2v) is 6.46. The molecule has 132 valence electrons. The molecule has 0 aliphatic heterocycles. The van der Waals surface area contributed by atoms with E-state index in [9.17, 15) is 10.1 Å². The highest BCUT2D eigenvalue weighted by Crippen LogP contribution is 2.17. The normalized spacial score (nSPS) is 12.2. The zero-order chi connectivity index (χ0) is 18.5. The van der Waals surface area contributed by atoms with Crippen LogP contribution < -0.4 is 5.56 Å². The molecule has 3 aromatic rings. The third kappa shape index (κ3) is 3.81. The molecule has 0 bridgehead atoms. The Morgan fingerprint density at radius 2 is 1.88 bits per heavy atom. The zero-order valence-corrected chi connectivity index (χ0v) is 15.1. The SMILES string of the molecule is CC[C@H](C)N(Cc1nc2ccccc2c(=O)[nH]1)Cc1ccccc1C#N. The Labute approximate surface area is 152 Å². The summed E-state index contributed by atoms with van der Waals surface area (Å²) in [6.07, 6.45) is 0.965. The maximum absolute atomic E-state index is 12.3. The molecule has 2 aromatic carbocycles. The van der Waals surface area contributed by atoms with Crippen LogP contribution in [-0.4, -0.2) is 20.9 Å². The lowest BCUT2D eigenvalue weighted by Crippen LogP contribution is -2.33. The summed E-state index contributed by atoms with van der Waals surface area (Å²) >= 11 is 0. The number of aromatic nitrogens is 2. The fourth-order valence-corrected chi connectivity index (χ4v) is 3.01. The molecule has 1 heterocycles. The molecule has 5 nitrogen and oxygen atoms in total. The zero-order valence-electron chi connectivity index (χ0n) is 15.1. The van der Waals surface area contributed by atoms with Gasteiger partial charge >= 0.3 is 0 Å². The van der Waals surface area contributed by atoms with Gasteiger partial charge in [-0.15, -0.1) is 0 Å². The lowest BCUT2D eigenvalue weighted by molar-refractivity contribution is 0.181. The third-order valence-electron chi connectivity index (χ3n) is 4.74. The van der Waals surface area contributed by atoms with E-state index in [4.69, 9.17) is 0 Å². The molecule has 0 fully saturated rings. The number of rotatable bonds is 6. The number of nitrogens with zero attached hydrogens (tertiary/aromatic N) is 3. The Morgan fingerprint density at radius 3 is 2.65 bits per heavy atom. The average molecular weight is 346 g/mol. The van der Waals surface area contributed by atoms with E-state index in [-0.39, 0.29) is 5.56 Å². The van der Waals surface area contributed by atoms with Gasteiger partial charge in [-0.05, 0) is 37.1 Å². The second-order valence-electron chi connectivity index (χ2n) is 6.46. The summed E-state index contributed by atoms with van der Waals surface area (Å²) in [6, 6.07) is 17.5. The van der Waals surface area contributed by atoms with E-state index in [1.807, 2.05) is 42.5 Å². The van der Waals surface area contributed by atoms with E-state index < -0.39 is 0 Å². The van der Waals surface area contributed by atoms with Gasteiger partial charge in [-0.2, -0.15) is 5.26 Å². The predicted octanol–water partition coefficient (Wildman–Crippen LogP) is 3.60. The molecule has 0 unspecified atom stereocenters. The molecular weight excluding hydrogens is 324 g/mol. The van der Waals surface area contributed by atoms with Crippen LogP contribution in [0.2, 0.25) is 0 Å². The first kappa shape index (κ1) is 17.8. The van der Waals surface area contributed by atoms with Gasteiger partial charge in [0, 0.05) is 12.6 Å². The quantitative estimate of drug-likeness (QED) is 0.740. The minimum absolute atomic E-state index is 0.118. The Kier molecular flexibility index (Phi) is 5.45. The van der Waals surface area contributed by atoms with Gasteiger partial charge in [0.15, 0.2) is 0 Å². The van der Waals surface area contributed by atoms with E-state index in [1.54, 1.807) is 6.07 Å². The number of fused-ring (bicyclic) bond motifs is 1. The van der Waals surface area contributed by atoms with Gasteiger partial charge < -0.3 is 4.98 Å². The summed E-state index contributed by atoms with van der Waals surface area (Å²) in [5.41, 5.74) is 2.25. The molecule has 0 spiro atoms. The molecule has 0 saturated heterocycles. The Hall–Kier alpha value is -2.97. The first-order valence-corrected chi connectivity index (χ1v) is 8.82. The maximum Gasteiger partial charge on any atom is 0.258 e. The summed E-state index contributed by atoms with van der Waals surface area (Å²) in [5, 5.41) is 9.94. The van der Waals surface area contributed by atoms with Crippen molar-refractivity contribution in [1.29, 1.82) is 5.26 Å². The predicted molar refractivity (Wildman–Crippen MR) is 103 cm³/mol. The Bertz CT molecular complexity index is 1000. The van der Waals surface area contributed by atoms with Crippen LogP contribution in [0.5, 0.6) is 0 Å². The molecule has 1 aromatic heterocycles. The van der Waals surface area contributed by atoms with Crippen LogP contribution in [0.3, 0.4) is 0 Å². The number of H-pyrrole nitrogens is 1. The van der Waals surface area contributed by atoms with Crippen molar-refractivity contribution < 1.29 is 0 Å². The van der Waals surface area contributed by atoms with Crippen LogP contribution in [0.1, 0.15) is 37.2 Å². The monoisotopic (exact) mass is 346 g/mol. The van der Waals surface area contributed by atoms with Crippen molar-refractivity contribution in [3.63, 3.8) is 0 Å². The molecule has 0 aliphatic carbocycles. The lowest BCUT2D eigenvalue weighted by Gasteiger charge is -2.28. The standard InChI is InChI=1S/C21H22N4O/c1-3-15(2)25(13-17-9-5-4-8-16(17)12-22)14-20-23-19-11-7-6-10-18(19)21(26)24-20/h4-11,15H,3,13-14H2,1-2H3,(H,23,24,26)/t15-/m0/s1. The summed E-state index contributed by atoms with van der Waals surface area (Å²) < 4.78 is 0. The minimum atomic E-state index is -0.118. The third-order valence-corrected chi connectivity index (χ3v) is 4.74. The summed E-state index contributed by atoms with van der Waals surface area (Å²) in [6.45, 7) is 5.43. The molecule has 26 heavy (non-hydrogen) atoms. The first-order chi connectivity index (χ1) is 12.6. The molecule has 3 rings (SSSR count). The summed E-state index contributed by atoms with van der Waals surface area (Å²) in [5.74, 6) is 0.642. The summed E-state index contributed by atoms with van der Waals surface area (Å²) in [4.78, 5) is 22.1. The van der Waals surface area contributed by atoms with E-state index in [0.29, 0.717) is 41.4 Å². The van der Waals surface area contributed by atoms with Gasteiger partial charge in [-0.1, -0.05) is 37.3 Å². The highest BCUT2D eigenvalue weighted by Gasteiger charge is 2.17. The molecule has 0 aliphatic rings. The number of nitrogens with one attached hydrogen (secondary N) is 1. The second kappa shape index (κ2) is 7.94. The van der Waals surface area contributed by atoms with Crippen molar-refractivity contribution in [3.8, 4) is 6.07 Å². The number of aromatic amines is 1. The van der Waals surface area contributed by atoms with Crippen molar-refractivity contribution in [2.45, 2.75) is 39.4 Å². The van der Waals surface area contributed by atoms with Crippen LogP contribution >= 0.6 is 0 Å². The number of para-hydroxylation sites is 1. The van der Waals surface area contributed by atoms with Crippen LogP contribution in [0, 0.1) is 11.3 Å². The highest BCUT2D eigenvalue weighted by atomic mass is 16.1. The molecule has 5 heteroatoms. The fourth-order valence-electron chi connectivity index (χ4n) is 3.01. The molecule has 1 atom stereocenters. The highest BCUT2D eigenvalue weighted by molar-refractivity contribution is 5.77. The van der Waals surface area contributed by atoms with Crippen molar-refractivity contribution >= 4 is 10.9 Å². The lowest BCUT2D eigenvalue weighted by atomic mass is 10.1. The van der Waals surface area contributed by atoms with E-state index in [1.165, 1.54) is 0 Å². The van der Waals surface area contributed by atoms with Gasteiger partial charge in [-0.25, -0.2) is 4.98 Å². The molecular formula is C21H22N4O. The molecule has 0 saturated carbocycles. The van der Waals surface area contributed by atoms with Gasteiger partial charge in [0.2, 0.25) is 0 Å². The fraction of sp³-hybridized carbons (Fsp3) is 0.286. The Morgan fingerprint density at radius 1 is 1.15 bits per heavy atom. The maximum atomic E-state index is 12.3. The van der Waals surface area contributed by atoms with Gasteiger partial charge in [0.25, 0.3) is 5.56 Å². The Balaban J connectivity index is 1.92. The van der Waals surface area contributed by atoms with E-state index in [0.717, 1.165) is 12.0 Å². The number of nitriles is 1.